The van der Waals surface area contributed by atoms with Crippen molar-refractivity contribution in [3.8, 4) is 34.3 Å². The lowest BCUT2D eigenvalue weighted by molar-refractivity contribution is -0.172. The molecular formula is C85H88F2N14O21. The number of aromatic nitrogens is 4. The average Bonchev–Trinajstić information content (AvgIpc) is 1.56. The number of alkyl carbamates (subject to hydrolysis) is 2. The Balaban J connectivity index is 0.517. The van der Waals surface area contributed by atoms with Gasteiger partial charge in [0.25, 0.3) is 22.9 Å². The lowest BCUT2D eigenvalue weighted by Crippen LogP contribution is -2.54. The standard InChI is InChI=1S/C85H88F2N14O21/c1-10-51-53-26-67(61(86)30-63(53)96-73-55(51)32-100-65(73)28-59-57(79(100)110)38-117-46(9)84(59,115)12-3)121-40-88-82(113)119-36-47-14-18-49(19-15-47)94-77(108)44(7)92-75(106)42(5)90-69(102)34-98(24-25-99-71(104)22-23-72(99)105)35-70(103)91-43(6)76(107)93-45(8)78(109)95-50-20-16-48(17-21-50)37-120-83(114)89-41-122-68-27-54-52(11-2)56-33-101-66(74(56)97-64(54)31-62(68)87)29-60-58(80(101)111)39-118-81(112)85(60,116)13-4/h14-23,26-31,42-45,115-116H,9-13,24-25,32-41H2,1-8H3,(H,88,113)(H,89,114)(H,90,102)(H,91,103)(H,92,106)(H,93,107)(H,94,108)(H,95,109)/t42-,43-,44-,45-,84+,85-/m0/s1. The van der Waals surface area contributed by atoms with E-state index in [9.17, 15) is 72.5 Å². The topological polar surface area (TPSA) is 456 Å². The van der Waals surface area contributed by atoms with Crippen LogP contribution in [-0.4, -0.2) is 168 Å². The predicted octanol–water partition coefficient (Wildman–Crippen LogP) is 5.21. The molecule has 13 rings (SSSR count). The minimum atomic E-state index is -2.02. The number of nitrogens with one attached hydrogen (secondary N) is 8. The van der Waals surface area contributed by atoms with Crippen LogP contribution >= 0.6 is 0 Å². The Labute approximate surface area is 694 Å². The van der Waals surface area contributed by atoms with Crippen LogP contribution in [0.2, 0.25) is 0 Å². The minimum absolute atomic E-state index is 0.0336. The van der Waals surface area contributed by atoms with Gasteiger partial charge in [0, 0.05) is 81.8 Å². The van der Waals surface area contributed by atoms with Gasteiger partial charge in [0.05, 0.1) is 71.1 Å². The summed E-state index contributed by atoms with van der Waals surface area (Å²) in [5, 5.41) is 44.1. The summed E-state index contributed by atoms with van der Waals surface area (Å²) >= 11 is 0. The molecule has 10 amide bonds. The van der Waals surface area contributed by atoms with Gasteiger partial charge < -0.3 is 79.7 Å². The van der Waals surface area contributed by atoms with Crippen molar-refractivity contribution in [1.82, 2.24) is 60.8 Å². The minimum Gasteiger partial charge on any atom is -0.490 e. The number of esters is 1. The molecule has 0 aliphatic carbocycles. The zero-order valence-electron chi connectivity index (χ0n) is 67.7. The van der Waals surface area contributed by atoms with E-state index in [-0.39, 0.29) is 105 Å². The van der Waals surface area contributed by atoms with Crippen molar-refractivity contribution in [3.05, 3.63) is 197 Å². The summed E-state index contributed by atoms with van der Waals surface area (Å²) in [4.78, 5) is 183. The Bertz CT molecular complexity index is 5490. The van der Waals surface area contributed by atoms with Crippen molar-refractivity contribution in [2.24, 2.45) is 0 Å². The second-order valence-corrected chi connectivity index (χ2v) is 29.9. The first-order valence-electron chi connectivity index (χ1n) is 39.3. The maximum atomic E-state index is 15.7. The van der Waals surface area contributed by atoms with Crippen LogP contribution in [0.15, 0.2) is 119 Å². The number of carbonyl (C=O) groups excluding carboxylic acids is 11. The first-order chi connectivity index (χ1) is 58.2. The number of nitrogens with zero attached hydrogens (tertiary/aromatic N) is 6. The Morgan fingerprint density at radius 3 is 1.38 bits per heavy atom. The average molecular weight is 1680 g/mol. The normalized spacial score (nSPS) is 16.8. The second kappa shape index (κ2) is 35.6. The van der Waals surface area contributed by atoms with E-state index in [1.165, 1.54) is 85.7 Å². The number of anilines is 2. The second-order valence-electron chi connectivity index (χ2n) is 29.9. The Morgan fingerprint density at radius 1 is 0.549 bits per heavy atom. The first-order valence-corrected chi connectivity index (χ1v) is 39.3. The van der Waals surface area contributed by atoms with Crippen molar-refractivity contribution in [2.45, 2.75) is 156 Å². The van der Waals surface area contributed by atoms with Gasteiger partial charge in [0.15, 0.2) is 42.2 Å². The molecule has 122 heavy (non-hydrogen) atoms. The zero-order valence-corrected chi connectivity index (χ0v) is 67.7. The third-order valence-corrected chi connectivity index (χ3v) is 22.0. The largest absolute Gasteiger partial charge is 0.490 e. The molecule has 0 fully saturated rings. The fraction of sp³-hybridized carbons (Fsp3) is 0.353. The van der Waals surface area contributed by atoms with Crippen LogP contribution in [0.5, 0.6) is 11.5 Å². The van der Waals surface area contributed by atoms with Crippen LogP contribution in [0.3, 0.4) is 0 Å². The van der Waals surface area contributed by atoms with E-state index in [2.05, 4.69) is 49.1 Å². The zero-order chi connectivity index (χ0) is 87.5. The number of carbonyl (C=O) groups is 11. The van der Waals surface area contributed by atoms with Crippen LogP contribution in [0.4, 0.5) is 29.7 Å². The number of amides is 10. The number of hydrogen-bond donors (Lipinski definition) is 10. The Kier molecular flexibility index (Phi) is 25.1. The summed E-state index contributed by atoms with van der Waals surface area (Å²) < 4.78 is 67.1. The molecule has 0 radical (unpaired) electrons. The number of aliphatic hydroxyl groups is 2. The summed E-state index contributed by atoms with van der Waals surface area (Å²) in [5.74, 6) is -8.35. The van der Waals surface area contributed by atoms with Gasteiger partial charge in [-0.15, -0.1) is 0 Å². The van der Waals surface area contributed by atoms with Crippen LogP contribution in [0.25, 0.3) is 44.6 Å². The van der Waals surface area contributed by atoms with E-state index in [1.807, 2.05) is 13.8 Å². The maximum absolute atomic E-state index is 15.7. The van der Waals surface area contributed by atoms with E-state index < -0.39 is 145 Å². The third-order valence-electron chi connectivity index (χ3n) is 22.0. The molecule has 10 N–H and O–H groups in total. The van der Waals surface area contributed by atoms with Gasteiger partial charge in [-0.1, -0.05) is 58.5 Å². The molecule has 35 nitrogen and oxygen atoms in total. The summed E-state index contributed by atoms with van der Waals surface area (Å²) in [6, 6.07) is 16.1. The van der Waals surface area contributed by atoms with Crippen molar-refractivity contribution in [1.29, 1.82) is 0 Å². The molecule has 0 unspecified atom stereocenters. The molecule has 8 aromatic rings. The van der Waals surface area contributed by atoms with Crippen LogP contribution in [-0.2, 0) is 126 Å². The molecule has 37 heteroatoms. The molecule has 6 atom stereocenters. The number of ether oxygens (including phenoxy) is 6. The lowest BCUT2D eigenvalue weighted by atomic mass is 9.84. The number of hydrogen-bond acceptors (Lipinski definition) is 24. The quantitative estimate of drug-likeness (QED) is 0.0115. The number of benzene rings is 4. The van der Waals surface area contributed by atoms with E-state index >= 15 is 8.78 Å². The van der Waals surface area contributed by atoms with Crippen molar-refractivity contribution in [3.63, 3.8) is 0 Å². The van der Waals surface area contributed by atoms with Crippen LogP contribution in [0, 0.1) is 11.6 Å². The molecule has 5 aliphatic heterocycles. The molecule has 5 aliphatic rings. The molecule has 9 heterocycles. The number of aryl methyl sites for hydroxylation is 2. The fourth-order valence-corrected chi connectivity index (χ4v) is 15.1. The monoisotopic (exact) mass is 1680 g/mol. The Hall–Kier alpha value is -13.8. The van der Waals surface area contributed by atoms with Gasteiger partial charge >= 0.3 is 18.2 Å². The fourth-order valence-electron chi connectivity index (χ4n) is 15.1. The van der Waals surface area contributed by atoms with Crippen molar-refractivity contribution >= 4 is 98.6 Å². The molecule has 0 saturated carbocycles. The summed E-state index contributed by atoms with van der Waals surface area (Å²) in [5.41, 5.74) is 3.61. The highest BCUT2D eigenvalue weighted by molar-refractivity contribution is 6.13. The highest BCUT2D eigenvalue weighted by Gasteiger charge is 2.47. The van der Waals surface area contributed by atoms with E-state index in [0.29, 0.717) is 91.1 Å². The van der Waals surface area contributed by atoms with Crippen molar-refractivity contribution < 1.29 is 100 Å². The molecule has 0 saturated heterocycles. The van der Waals surface area contributed by atoms with Gasteiger partial charge in [-0.05, 0) is 124 Å². The number of imide groups is 1. The Morgan fingerprint density at radius 2 is 0.959 bits per heavy atom. The number of fused-ring (bicyclic) bond motifs is 10. The molecule has 0 spiro atoms. The summed E-state index contributed by atoms with van der Waals surface area (Å²) in [6.45, 7) is 13.5. The number of halogens is 2. The maximum Gasteiger partial charge on any atom is 0.410 e. The van der Waals surface area contributed by atoms with E-state index in [1.54, 1.807) is 54.8 Å². The molecule has 0 bridgehead atoms. The van der Waals surface area contributed by atoms with E-state index in [0.717, 1.165) is 33.7 Å². The highest BCUT2D eigenvalue weighted by Crippen LogP contribution is 2.45. The summed E-state index contributed by atoms with van der Waals surface area (Å²) in [7, 11) is 0. The van der Waals surface area contributed by atoms with Crippen LogP contribution < -0.4 is 63.1 Å². The highest BCUT2D eigenvalue weighted by atomic mass is 19.1. The van der Waals surface area contributed by atoms with Gasteiger partial charge in [-0.25, -0.2) is 33.1 Å². The predicted molar refractivity (Wildman–Crippen MR) is 432 cm³/mol. The lowest BCUT2D eigenvalue weighted by Gasteiger charge is -2.35. The van der Waals surface area contributed by atoms with Crippen LogP contribution in [0.1, 0.15) is 124 Å². The van der Waals surface area contributed by atoms with Crippen molar-refractivity contribution in [2.75, 3.05) is 50.3 Å². The van der Waals surface area contributed by atoms with E-state index in [4.69, 9.17) is 38.4 Å². The van der Waals surface area contributed by atoms with Gasteiger partial charge in [0.2, 0.25) is 35.4 Å². The third kappa shape index (κ3) is 17.6. The smallest absolute Gasteiger partial charge is 0.410 e. The number of cyclic esters (lactones) is 1. The molecular weight excluding hydrogens is 1590 g/mol. The molecule has 4 aromatic carbocycles. The molecule has 638 valence electrons. The number of rotatable bonds is 31. The van der Waals surface area contributed by atoms with Gasteiger partial charge in [0.1, 0.15) is 62.0 Å². The molecule has 4 aromatic heterocycles. The first kappa shape index (κ1) is 86.1. The number of pyridine rings is 4. The van der Waals surface area contributed by atoms with Gasteiger partial charge in [-0.2, -0.15) is 0 Å². The SMILES string of the molecule is C=C1OCc2c(cc3n(c2=O)Cc2c-3nc3cc(F)c(OCNC(=O)OCc4ccc(NC(=O)[C@H](C)NC(=O)[C@H](C)NC(=O)CN(CCN5C(=O)C=CC5=O)CC(=O)N[C@@H](C)C(=O)N[C@@H](C)C(=O)Nc5ccc(COC(=O)NCOc6cc7c(CC)c8c(nc7cc6F)-c6cc7c(c(=O)n6C8)COC(=O)[C@]7(O)CC)cc5)cc4)cc3c2CC)[C@@]1(O)CC. The van der Waals surface area contributed by atoms with Gasteiger partial charge in [-0.3, -0.25) is 68.4 Å². The summed E-state index contributed by atoms with van der Waals surface area (Å²) in [6.07, 6.45) is 1.43.